The molecule has 1 saturated heterocycles. The molecule has 91 heavy (non-hydrogen) atoms. The van der Waals surface area contributed by atoms with Crippen LogP contribution in [0.4, 0.5) is 0 Å². The summed E-state index contributed by atoms with van der Waals surface area (Å²) < 4.78 is 0. The standard InChI is InChI=1S/C66H119N11O13S/c1-26-28-29-42(13)33-48-57(81)69-46(27-2)60(84)76(24)52(36-91-35-43(14)78)63(87)75(23)51(34-66(17,18)90)58(82)70-53(40(9)10)64(88)71(19)47(30-37(3)4)56(80)67-44(15)55(79)68-45(16)59(83)73(21)49(31-38(5)6)61(85)74(22)50(32-39(7)8)62(86)77(25)54(41(11)12)65(89)72(48)20/h26,28,37-54,78,90H,27,29-36H2,1-25H3,(H,67,80)(H,68,79)(H,69,81)(H,70,82)/b28-26+/t42-,43?,44-,45+,46-,47-,48+,49+,50-,51+,52-,53-,54-/m1/s1. The zero-order valence-corrected chi connectivity index (χ0v) is 60.7. The summed E-state index contributed by atoms with van der Waals surface area (Å²) >= 11 is 1.17. The van der Waals surface area contributed by atoms with Gasteiger partial charge >= 0.3 is 0 Å². The predicted molar refractivity (Wildman–Crippen MR) is 356 cm³/mol. The smallest absolute Gasteiger partial charge is 0.246 e. The predicted octanol–water partition coefficient (Wildman–Crippen LogP) is 3.90. The van der Waals surface area contributed by atoms with Crippen molar-refractivity contribution in [3.8, 4) is 0 Å². The van der Waals surface area contributed by atoms with E-state index in [1.165, 1.54) is 118 Å². The molecular formula is C66H119N11O13S. The first-order valence-electron chi connectivity index (χ1n) is 32.6. The molecule has 24 nitrogen and oxygen atoms in total. The molecule has 25 heteroatoms. The topological polar surface area (TPSA) is 299 Å². The Labute approximate surface area is 549 Å². The first kappa shape index (κ1) is 83.2. The van der Waals surface area contributed by atoms with Gasteiger partial charge in [0.05, 0.1) is 11.7 Å². The zero-order valence-electron chi connectivity index (χ0n) is 59.8. The summed E-state index contributed by atoms with van der Waals surface area (Å²) in [5.74, 6) is -9.20. The van der Waals surface area contributed by atoms with Gasteiger partial charge in [-0.3, -0.25) is 52.7 Å². The highest BCUT2D eigenvalue weighted by Gasteiger charge is 2.45. The molecule has 0 radical (unpaired) electrons. The zero-order chi connectivity index (χ0) is 70.6. The Morgan fingerprint density at radius 3 is 1.35 bits per heavy atom. The molecule has 0 aromatic carbocycles. The van der Waals surface area contributed by atoms with Crippen LogP contribution in [0, 0.1) is 35.5 Å². The summed E-state index contributed by atoms with van der Waals surface area (Å²) in [7, 11) is 10.0. The normalized spacial score (nSPS) is 26.9. The Morgan fingerprint density at radius 1 is 0.484 bits per heavy atom. The molecule has 6 N–H and O–H groups in total. The van der Waals surface area contributed by atoms with Crippen molar-refractivity contribution >= 4 is 76.7 Å². The maximum absolute atomic E-state index is 15.3. The van der Waals surface area contributed by atoms with Gasteiger partial charge in [0, 0.05) is 67.3 Å². The molecule has 0 saturated carbocycles. The lowest BCUT2D eigenvalue weighted by Gasteiger charge is -2.41. The van der Waals surface area contributed by atoms with Gasteiger partial charge in [-0.25, -0.2) is 0 Å². The van der Waals surface area contributed by atoms with Crippen LogP contribution < -0.4 is 21.3 Å². The summed E-state index contributed by atoms with van der Waals surface area (Å²) in [5.41, 5.74) is -1.59. The molecule has 1 rings (SSSR count). The number of aliphatic hydroxyl groups excluding tert-OH is 1. The molecule has 1 aliphatic heterocycles. The summed E-state index contributed by atoms with van der Waals surface area (Å²) in [4.78, 5) is 172. The van der Waals surface area contributed by atoms with Gasteiger partial charge in [-0.1, -0.05) is 95.2 Å². The highest BCUT2D eigenvalue weighted by atomic mass is 32.2. The average Bonchev–Trinajstić information content (AvgIpc) is 0.999. The van der Waals surface area contributed by atoms with Crippen molar-refractivity contribution in [3.05, 3.63) is 12.2 Å². The molecule has 1 aliphatic rings. The van der Waals surface area contributed by atoms with Gasteiger partial charge in [-0.2, -0.15) is 11.8 Å². The third-order valence-corrected chi connectivity index (χ3v) is 18.1. The lowest BCUT2D eigenvalue weighted by Crippen LogP contribution is -2.62. The molecule has 1 fully saturated rings. The number of allylic oxidation sites excluding steroid dienone is 2. The summed E-state index contributed by atoms with van der Waals surface area (Å²) in [5, 5.41) is 32.7. The van der Waals surface area contributed by atoms with Gasteiger partial charge in [0.2, 0.25) is 65.0 Å². The fourth-order valence-corrected chi connectivity index (χ4v) is 12.3. The lowest BCUT2D eigenvalue weighted by molar-refractivity contribution is -0.156. The largest absolute Gasteiger partial charge is 0.393 e. The van der Waals surface area contributed by atoms with Crippen molar-refractivity contribution < 1.29 is 63.0 Å². The summed E-state index contributed by atoms with van der Waals surface area (Å²) in [6.45, 7) is 30.9. The molecule has 0 bridgehead atoms. The minimum absolute atomic E-state index is 0.0256. The molecule has 0 aromatic heterocycles. The van der Waals surface area contributed by atoms with Crippen molar-refractivity contribution in [3.63, 3.8) is 0 Å². The van der Waals surface area contributed by atoms with Gasteiger partial charge in [0.1, 0.15) is 66.5 Å². The maximum atomic E-state index is 15.3. The van der Waals surface area contributed by atoms with Crippen LogP contribution in [0.5, 0.6) is 0 Å². The van der Waals surface area contributed by atoms with Crippen LogP contribution in [0.3, 0.4) is 0 Å². The first-order valence-corrected chi connectivity index (χ1v) is 33.7. The number of aliphatic hydroxyl groups is 2. The van der Waals surface area contributed by atoms with E-state index in [0.29, 0.717) is 6.42 Å². The van der Waals surface area contributed by atoms with Crippen LogP contribution in [0.25, 0.3) is 0 Å². The number of thioether (sulfide) groups is 1. The third-order valence-electron chi connectivity index (χ3n) is 16.8. The van der Waals surface area contributed by atoms with Crippen molar-refractivity contribution in [1.29, 1.82) is 0 Å². The number of hydrogen-bond donors (Lipinski definition) is 6. The number of rotatable bonds is 19. The molecule has 0 spiro atoms. The molecule has 1 unspecified atom stereocenters. The maximum Gasteiger partial charge on any atom is 0.246 e. The van der Waals surface area contributed by atoms with Crippen molar-refractivity contribution in [2.24, 2.45) is 35.5 Å². The van der Waals surface area contributed by atoms with Crippen LogP contribution in [0.2, 0.25) is 0 Å². The quantitative estimate of drug-likeness (QED) is 0.100. The number of likely N-dealkylation sites (N-methyl/N-ethyl adjacent to an activating group) is 7. The first-order chi connectivity index (χ1) is 41.9. The Kier molecular flexibility index (Phi) is 34.5. The lowest BCUT2D eigenvalue weighted by atomic mass is 9.93. The molecule has 13 atom stereocenters. The third kappa shape index (κ3) is 24.9. The molecule has 11 amide bonds. The highest BCUT2D eigenvalue weighted by molar-refractivity contribution is 7.99. The van der Waals surface area contributed by atoms with Gasteiger partial charge < -0.3 is 65.8 Å². The highest BCUT2D eigenvalue weighted by Crippen LogP contribution is 2.26. The van der Waals surface area contributed by atoms with Crippen molar-refractivity contribution in [2.45, 2.75) is 248 Å². The molecular weight excluding hydrogens is 1190 g/mol. The fraction of sp³-hybridized carbons (Fsp3) is 0.803. The second-order valence-electron chi connectivity index (χ2n) is 28.0. The van der Waals surface area contributed by atoms with E-state index >= 15 is 24.0 Å². The van der Waals surface area contributed by atoms with Gasteiger partial charge in [0.25, 0.3) is 0 Å². The summed E-state index contributed by atoms with van der Waals surface area (Å²) in [6, 6.07) is -13.7. The molecule has 0 aliphatic carbocycles. The minimum Gasteiger partial charge on any atom is -0.393 e. The van der Waals surface area contributed by atoms with E-state index in [1.807, 2.05) is 67.5 Å². The van der Waals surface area contributed by atoms with Crippen LogP contribution >= 0.6 is 11.8 Å². The Hall–Kier alpha value is -5.82. The number of carbonyl (C=O) groups excluding carboxylic acids is 11. The van der Waals surface area contributed by atoms with Crippen LogP contribution in [-0.4, -0.2) is 248 Å². The Bertz CT molecular complexity index is 2490. The minimum atomic E-state index is -1.59. The van der Waals surface area contributed by atoms with E-state index in [1.54, 1.807) is 41.5 Å². The van der Waals surface area contributed by atoms with Crippen LogP contribution in [-0.2, 0) is 52.7 Å². The molecule has 0 aromatic rings. The second-order valence-corrected chi connectivity index (χ2v) is 29.1. The second kappa shape index (κ2) is 37.8. The summed E-state index contributed by atoms with van der Waals surface area (Å²) in [6.07, 6.45) is 3.78. The van der Waals surface area contributed by atoms with Crippen molar-refractivity contribution in [1.82, 2.24) is 55.6 Å². The van der Waals surface area contributed by atoms with Crippen LogP contribution in [0.15, 0.2) is 12.2 Å². The van der Waals surface area contributed by atoms with E-state index < -0.39 is 155 Å². The van der Waals surface area contributed by atoms with Crippen molar-refractivity contribution in [2.75, 3.05) is 60.8 Å². The monoisotopic (exact) mass is 1310 g/mol. The Morgan fingerprint density at radius 2 is 0.890 bits per heavy atom. The van der Waals surface area contributed by atoms with E-state index in [4.69, 9.17) is 0 Å². The molecule has 522 valence electrons. The fourth-order valence-electron chi connectivity index (χ4n) is 11.3. The number of carbonyl (C=O) groups is 11. The number of hydrogen-bond acceptors (Lipinski definition) is 14. The number of nitrogens with one attached hydrogen (secondary N) is 4. The van der Waals surface area contributed by atoms with E-state index in [-0.39, 0.29) is 73.7 Å². The van der Waals surface area contributed by atoms with E-state index in [2.05, 4.69) is 21.3 Å². The van der Waals surface area contributed by atoms with Crippen LogP contribution in [0.1, 0.15) is 170 Å². The van der Waals surface area contributed by atoms with Gasteiger partial charge in [-0.15, -0.1) is 0 Å². The van der Waals surface area contributed by atoms with E-state index in [0.717, 1.165) is 4.90 Å². The van der Waals surface area contributed by atoms with Gasteiger partial charge in [-0.05, 0) is 116 Å². The van der Waals surface area contributed by atoms with Gasteiger partial charge in [0.15, 0.2) is 0 Å². The SMILES string of the molecule is C/C=C/C[C@@H](C)C[C@H]1C(=O)N[C@H](CC)C(=O)N(C)[C@H](CSCC(C)O)C(=O)N(C)[C@@H](CC(C)(C)O)C(=O)N[C@H](C(C)C)C(=O)N(C)[C@H](CC(C)C)C(=O)N[C@H](C)C(=O)N[C@@H](C)C(=O)N(C)[C@@H](CC(C)C)C(=O)N(C)[C@H](CC(C)C)C(=O)N(C)[C@H](C(C)C)C(=O)N1C. The Balaban J connectivity index is 4.50. The number of nitrogens with zero attached hydrogens (tertiary/aromatic N) is 7. The molecule has 1 heterocycles. The average molecular weight is 1310 g/mol. The number of amides is 11. The van der Waals surface area contributed by atoms with E-state index in [9.17, 15) is 39.0 Å².